The van der Waals surface area contributed by atoms with E-state index in [1.54, 1.807) is 54.6 Å². The number of anilines is 1. The van der Waals surface area contributed by atoms with E-state index in [4.69, 9.17) is 0 Å². The van der Waals surface area contributed by atoms with Crippen LogP contribution >= 0.6 is 0 Å². The number of carbonyl (C=O) groups excluding carboxylic acids is 3. The predicted molar refractivity (Wildman–Crippen MR) is 121 cm³/mol. The summed E-state index contributed by atoms with van der Waals surface area (Å²) in [4.78, 5) is 49.4. The lowest BCUT2D eigenvalue weighted by Crippen LogP contribution is -2.29. The molecule has 1 aliphatic rings. The van der Waals surface area contributed by atoms with Crippen molar-refractivity contribution in [2.75, 3.05) is 4.90 Å². The number of nitro groups is 1. The smallest absolute Gasteiger partial charge is 0.300 e. The maximum Gasteiger partial charge on any atom is 0.300 e. The third kappa shape index (κ3) is 3.89. The fourth-order valence-corrected chi connectivity index (χ4v) is 3.80. The highest BCUT2D eigenvalue weighted by Crippen LogP contribution is 2.42. The fraction of sp³-hybridized carbons (Fsp3) is 0.0800. The number of benzene rings is 3. The summed E-state index contributed by atoms with van der Waals surface area (Å²) < 4.78 is 0. The van der Waals surface area contributed by atoms with Gasteiger partial charge in [-0.25, -0.2) is 0 Å². The molecule has 0 aromatic heterocycles. The van der Waals surface area contributed by atoms with E-state index in [9.17, 15) is 29.6 Å². The van der Waals surface area contributed by atoms with Gasteiger partial charge in [-0.15, -0.1) is 0 Å². The van der Waals surface area contributed by atoms with E-state index >= 15 is 0 Å². The van der Waals surface area contributed by atoms with Crippen molar-refractivity contribution in [1.82, 2.24) is 0 Å². The molecule has 1 amide bonds. The Labute approximate surface area is 188 Å². The maximum atomic E-state index is 13.1. The third-order valence-electron chi connectivity index (χ3n) is 5.46. The number of hydrogen-bond donors (Lipinski definition) is 1. The Morgan fingerprint density at radius 1 is 0.909 bits per heavy atom. The Bertz CT molecular complexity index is 1290. The summed E-state index contributed by atoms with van der Waals surface area (Å²) in [5.41, 5.74) is 1.31. The van der Waals surface area contributed by atoms with Gasteiger partial charge in [-0.3, -0.25) is 29.4 Å². The lowest BCUT2D eigenvalue weighted by Gasteiger charge is -2.25. The predicted octanol–water partition coefficient (Wildman–Crippen LogP) is 4.42. The van der Waals surface area contributed by atoms with Crippen LogP contribution in [0.2, 0.25) is 0 Å². The van der Waals surface area contributed by atoms with Gasteiger partial charge in [0.05, 0.1) is 16.5 Å². The zero-order valence-corrected chi connectivity index (χ0v) is 17.5. The Morgan fingerprint density at radius 2 is 1.48 bits per heavy atom. The molecule has 1 atom stereocenters. The lowest BCUT2D eigenvalue weighted by atomic mass is 9.95. The van der Waals surface area contributed by atoms with Gasteiger partial charge in [-0.2, -0.15) is 0 Å². The Balaban J connectivity index is 1.88. The summed E-state index contributed by atoms with van der Waals surface area (Å²) in [6.07, 6.45) is 0. The number of nitro benzene ring substituents is 1. The summed E-state index contributed by atoms with van der Waals surface area (Å²) in [6, 6.07) is 19.2. The quantitative estimate of drug-likeness (QED) is 0.156. The molecule has 0 aliphatic carbocycles. The summed E-state index contributed by atoms with van der Waals surface area (Å²) >= 11 is 0. The van der Waals surface area contributed by atoms with Crippen LogP contribution < -0.4 is 4.90 Å². The molecule has 3 aromatic carbocycles. The molecular formula is C25H18N2O6. The Morgan fingerprint density at radius 3 is 2.03 bits per heavy atom. The van der Waals surface area contributed by atoms with Crippen molar-refractivity contribution < 1.29 is 24.4 Å². The first-order chi connectivity index (χ1) is 15.8. The van der Waals surface area contributed by atoms with Crippen LogP contribution in [0.1, 0.15) is 34.5 Å². The first kappa shape index (κ1) is 21.6. The van der Waals surface area contributed by atoms with Crippen LogP contribution in [0.4, 0.5) is 11.4 Å². The highest BCUT2D eigenvalue weighted by atomic mass is 16.6. The molecule has 0 radical (unpaired) electrons. The van der Waals surface area contributed by atoms with Crippen LogP contribution in [0.5, 0.6) is 0 Å². The number of carbonyl (C=O) groups is 3. The molecule has 164 valence electrons. The van der Waals surface area contributed by atoms with Gasteiger partial charge in [-0.05, 0) is 48.9 Å². The molecule has 0 bridgehead atoms. The number of amides is 1. The Hall–Kier alpha value is -4.59. The average molecular weight is 442 g/mol. The number of ketones is 2. The molecule has 1 fully saturated rings. The van der Waals surface area contributed by atoms with Crippen molar-refractivity contribution in [3.05, 3.63) is 111 Å². The molecule has 1 N–H and O–H groups in total. The number of rotatable bonds is 5. The van der Waals surface area contributed by atoms with Crippen molar-refractivity contribution in [3.63, 3.8) is 0 Å². The standard InChI is InChI=1S/C25H18N2O6/c1-15(28)16-7-11-19(12-8-16)26-22(17-5-3-2-4-6-17)21(24(30)25(26)31)23(29)18-9-13-20(14-10-18)27(32)33/h2-14,22,29H,1H3. The molecule has 0 saturated carbocycles. The SMILES string of the molecule is CC(=O)c1ccc(N2C(=O)C(=O)C(=C(O)c3ccc([N+](=O)[O-])cc3)C2c2ccccc2)cc1. The zero-order chi connectivity index (χ0) is 23.7. The minimum atomic E-state index is -0.926. The highest BCUT2D eigenvalue weighted by molar-refractivity contribution is 6.51. The summed E-state index contributed by atoms with van der Waals surface area (Å²) in [7, 11) is 0. The number of hydrogen-bond acceptors (Lipinski definition) is 6. The number of aliphatic hydroxyl groups excluding tert-OH is 1. The van der Waals surface area contributed by atoms with Crippen LogP contribution in [0.3, 0.4) is 0 Å². The van der Waals surface area contributed by atoms with Gasteiger partial charge in [0.1, 0.15) is 5.76 Å². The van der Waals surface area contributed by atoms with Gasteiger partial charge >= 0.3 is 0 Å². The van der Waals surface area contributed by atoms with Crippen molar-refractivity contribution >= 4 is 34.6 Å². The normalized spacial score (nSPS) is 17.2. The van der Waals surface area contributed by atoms with E-state index in [-0.39, 0.29) is 22.6 Å². The van der Waals surface area contributed by atoms with Crippen LogP contribution in [-0.2, 0) is 9.59 Å². The second kappa shape index (κ2) is 8.51. The second-order valence-electron chi connectivity index (χ2n) is 7.49. The Kier molecular flexibility index (Phi) is 5.58. The van der Waals surface area contributed by atoms with Crippen LogP contribution in [0.25, 0.3) is 5.76 Å². The van der Waals surface area contributed by atoms with Crippen LogP contribution in [-0.4, -0.2) is 27.5 Å². The number of nitrogens with zero attached hydrogens (tertiary/aromatic N) is 2. The van der Waals surface area contributed by atoms with Crippen molar-refractivity contribution in [2.45, 2.75) is 13.0 Å². The van der Waals surface area contributed by atoms with Crippen molar-refractivity contribution in [3.8, 4) is 0 Å². The number of Topliss-reactive ketones (excluding diaryl/α,β-unsaturated/α-hetero) is 2. The highest BCUT2D eigenvalue weighted by Gasteiger charge is 2.46. The summed E-state index contributed by atoms with van der Waals surface area (Å²) in [5.74, 6) is -2.28. The van der Waals surface area contributed by atoms with E-state index in [1.807, 2.05) is 0 Å². The molecule has 1 saturated heterocycles. The number of aliphatic hydroxyl groups is 1. The summed E-state index contributed by atoms with van der Waals surface area (Å²) in [6.45, 7) is 1.43. The van der Waals surface area contributed by atoms with Gasteiger partial charge in [0.15, 0.2) is 5.78 Å². The molecule has 1 unspecified atom stereocenters. The minimum Gasteiger partial charge on any atom is -0.507 e. The second-order valence-corrected chi connectivity index (χ2v) is 7.49. The van der Waals surface area contributed by atoms with Gasteiger partial charge < -0.3 is 5.11 Å². The molecule has 4 rings (SSSR count). The van der Waals surface area contributed by atoms with Crippen molar-refractivity contribution in [1.29, 1.82) is 0 Å². The third-order valence-corrected chi connectivity index (χ3v) is 5.46. The van der Waals surface area contributed by atoms with Gasteiger partial charge in [0.25, 0.3) is 17.4 Å². The van der Waals surface area contributed by atoms with E-state index in [0.717, 1.165) is 0 Å². The topological polar surface area (TPSA) is 118 Å². The minimum absolute atomic E-state index is 0.129. The molecule has 3 aromatic rings. The van der Waals surface area contributed by atoms with E-state index in [0.29, 0.717) is 16.8 Å². The first-order valence-corrected chi connectivity index (χ1v) is 10.0. The van der Waals surface area contributed by atoms with E-state index < -0.39 is 28.4 Å². The average Bonchev–Trinajstić information content (AvgIpc) is 3.09. The van der Waals surface area contributed by atoms with Crippen LogP contribution in [0.15, 0.2) is 84.4 Å². The van der Waals surface area contributed by atoms with Gasteiger partial charge in [0.2, 0.25) is 0 Å². The van der Waals surface area contributed by atoms with E-state index in [1.165, 1.54) is 36.1 Å². The van der Waals surface area contributed by atoms with Gasteiger partial charge in [-0.1, -0.05) is 30.3 Å². The number of non-ortho nitro benzene ring substituents is 1. The molecule has 8 nitrogen and oxygen atoms in total. The molecule has 0 spiro atoms. The van der Waals surface area contributed by atoms with Crippen LogP contribution in [0, 0.1) is 10.1 Å². The maximum absolute atomic E-state index is 13.1. The van der Waals surface area contributed by atoms with Gasteiger partial charge in [0, 0.05) is 28.9 Å². The molecule has 8 heteroatoms. The lowest BCUT2D eigenvalue weighted by molar-refractivity contribution is -0.384. The molecule has 33 heavy (non-hydrogen) atoms. The monoisotopic (exact) mass is 442 g/mol. The molecular weight excluding hydrogens is 424 g/mol. The first-order valence-electron chi connectivity index (χ1n) is 10.0. The van der Waals surface area contributed by atoms with Crippen molar-refractivity contribution in [2.24, 2.45) is 0 Å². The fourth-order valence-electron chi connectivity index (χ4n) is 3.80. The molecule has 1 heterocycles. The van der Waals surface area contributed by atoms with E-state index in [2.05, 4.69) is 0 Å². The molecule has 1 aliphatic heterocycles. The largest absolute Gasteiger partial charge is 0.507 e. The summed E-state index contributed by atoms with van der Waals surface area (Å²) in [5, 5.41) is 22.0. The zero-order valence-electron chi connectivity index (χ0n) is 17.5.